The molecule has 1 atom stereocenters. The van der Waals surface area contributed by atoms with Gasteiger partial charge >= 0.3 is 0 Å². The number of hydrogen-bond acceptors (Lipinski definition) is 6. The highest BCUT2D eigenvalue weighted by Gasteiger charge is 2.31. The highest BCUT2D eigenvalue weighted by molar-refractivity contribution is 6.29. The quantitative estimate of drug-likeness (QED) is 0.797. The maximum absolute atomic E-state index is 12.8. The Labute approximate surface area is 157 Å². The van der Waals surface area contributed by atoms with Crippen molar-refractivity contribution >= 4 is 23.1 Å². The zero-order chi connectivity index (χ0) is 18.8. The van der Waals surface area contributed by atoms with Gasteiger partial charge in [-0.3, -0.25) is 4.79 Å². The number of pyridine rings is 1. The van der Waals surface area contributed by atoms with Crippen LogP contribution >= 0.6 is 11.6 Å². The van der Waals surface area contributed by atoms with E-state index in [0.29, 0.717) is 29.7 Å². The van der Waals surface area contributed by atoms with Crippen LogP contribution in [0.25, 0.3) is 0 Å². The monoisotopic (exact) mass is 378 g/mol. The van der Waals surface area contributed by atoms with Gasteiger partial charge in [0, 0.05) is 18.9 Å². The molecule has 3 rings (SSSR count). The molecule has 0 aliphatic heterocycles. The lowest BCUT2D eigenvalue weighted by molar-refractivity contribution is 0.0691. The summed E-state index contributed by atoms with van der Waals surface area (Å²) < 4.78 is 12.3. The first-order valence-corrected chi connectivity index (χ1v) is 8.89. The van der Waals surface area contributed by atoms with Crippen LogP contribution in [0.15, 0.2) is 17.1 Å². The zero-order valence-corrected chi connectivity index (χ0v) is 16.1. The molecule has 1 saturated carbocycles. The van der Waals surface area contributed by atoms with Crippen LogP contribution in [0.2, 0.25) is 5.15 Å². The molecule has 0 radical (unpaired) electrons. The molecule has 0 saturated heterocycles. The number of nitrogens with one attached hydrogen (secondary N) is 1. The second-order valence-corrected chi connectivity index (χ2v) is 6.94. The van der Waals surface area contributed by atoms with Gasteiger partial charge in [-0.1, -0.05) is 11.6 Å². The summed E-state index contributed by atoms with van der Waals surface area (Å²) in [6.07, 6.45) is 3.82. The Kier molecular flexibility index (Phi) is 5.48. The molecule has 8 heteroatoms. The first-order valence-electron chi connectivity index (χ1n) is 8.52. The largest absolute Gasteiger partial charge is 0.481 e. The number of aromatic nitrogens is 3. The molecule has 1 aliphatic rings. The van der Waals surface area contributed by atoms with E-state index in [0.717, 1.165) is 18.4 Å². The molecule has 1 aliphatic carbocycles. The minimum atomic E-state index is -0.245. The van der Waals surface area contributed by atoms with E-state index in [2.05, 4.69) is 15.3 Å². The minimum absolute atomic E-state index is 0.00523. The Hall–Kier alpha value is -2.12. The summed E-state index contributed by atoms with van der Waals surface area (Å²) in [7, 11) is 3.25. The van der Waals surface area contributed by atoms with E-state index in [-0.39, 0.29) is 22.6 Å². The molecule has 26 heavy (non-hydrogen) atoms. The van der Waals surface area contributed by atoms with Crippen LogP contribution in [-0.2, 0) is 11.3 Å². The molecule has 0 spiro atoms. The SMILES string of the molecule is COc1nc(C)c(Nc2nc(Cl)cn(CC(OC)C3CC3)c2=O)cc1C. The van der Waals surface area contributed by atoms with E-state index < -0.39 is 0 Å². The van der Waals surface area contributed by atoms with E-state index in [4.69, 9.17) is 21.1 Å². The molecular formula is C18H23ClN4O3. The molecule has 2 heterocycles. The van der Waals surface area contributed by atoms with Gasteiger partial charge in [0.25, 0.3) is 5.56 Å². The lowest BCUT2D eigenvalue weighted by Gasteiger charge is -2.17. The highest BCUT2D eigenvalue weighted by Crippen LogP contribution is 2.34. The molecule has 7 nitrogen and oxygen atoms in total. The number of aryl methyl sites for hydroxylation is 2. The summed E-state index contributed by atoms with van der Waals surface area (Å²) in [5, 5.41) is 3.31. The van der Waals surface area contributed by atoms with Crippen LogP contribution in [0.5, 0.6) is 5.88 Å². The van der Waals surface area contributed by atoms with Crippen LogP contribution in [-0.4, -0.2) is 34.9 Å². The molecule has 0 bridgehead atoms. The zero-order valence-electron chi connectivity index (χ0n) is 15.4. The first kappa shape index (κ1) is 18.7. The van der Waals surface area contributed by atoms with Gasteiger partial charge in [-0.2, -0.15) is 0 Å². The molecule has 0 aromatic carbocycles. The summed E-state index contributed by atoms with van der Waals surface area (Å²) in [5.74, 6) is 1.22. The summed E-state index contributed by atoms with van der Waals surface area (Å²) in [4.78, 5) is 21.4. The topological polar surface area (TPSA) is 78.3 Å². The smallest absolute Gasteiger partial charge is 0.293 e. The van der Waals surface area contributed by atoms with Crippen molar-refractivity contribution in [2.45, 2.75) is 39.3 Å². The van der Waals surface area contributed by atoms with Crippen molar-refractivity contribution in [3.8, 4) is 5.88 Å². The van der Waals surface area contributed by atoms with Gasteiger partial charge in [0.2, 0.25) is 5.88 Å². The van der Waals surface area contributed by atoms with Crippen LogP contribution < -0.4 is 15.6 Å². The third kappa shape index (κ3) is 3.99. The fourth-order valence-corrected chi connectivity index (χ4v) is 3.15. The number of anilines is 2. The molecule has 1 unspecified atom stereocenters. The fraction of sp³-hybridized carbons (Fsp3) is 0.500. The summed E-state index contributed by atoms with van der Waals surface area (Å²) in [6.45, 7) is 4.18. The average Bonchev–Trinajstić information content (AvgIpc) is 3.44. The third-order valence-corrected chi connectivity index (χ3v) is 4.76. The van der Waals surface area contributed by atoms with Gasteiger partial charge in [0.1, 0.15) is 5.15 Å². The minimum Gasteiger partial charge on any atom is -0.481 e. The molecule has 2 aromatic heterocycles. The van der Waals surface area contributed by atoms with E-state index in [1.165, 1.54) is 0 Å². The van der Waals surface area contributed by atoms with Crippen LogP contribution in [0, 0.1) is 19.8 Å². The van der Waals surface area contributed by atoms with Gasteiger partial charge in [-0.15, -0.1) is 0 Å². The lowest BCUT2D eigenvalue weighted by atomic mass is 10.2. The Morgan fingerprint density at radius 3 is 2.69 bits per heavy atom. The van der Waals surface area contributed by atoms with Crippen molar-refractivity contribution in [1.29, 1.82) is 0 Å². The molecule has 1 N–H and O–H groups in total. The molecule has 140 valence electrons. The highest BCUT2D eigenvalue weighted by atomic mass is 35.5. The maximum atomic E-state index is 12.8. The normalized spacial score (nSPS) is 15.0. The van der Waals surface area contributed by atoms with Gasteiger partial charge in [-0.05, 0) is 38.7 Å². The van der Waals surface area contributed by atoms with Crippen molar-refractivity contribution in [3.05, 3.63) is 39.0 Å². The number of rotatable bonds is 7. The maximum Gasteiger partial charge on any atom is 0.293 e. The average molecular weight is 379 g/mol. The lowest BCUT2D eigenvalue weighted by Crippen LogP contribution is -2.30. The summed E-state index contributed by atoms with van der Waals surface area (Å²) in [6, 6.07) is 1.87. The second-order valence-electron chi connectivity index (χ2n) is 6.55. The predicted octanol–water partition coefficient (Wildman–Crippen LogP) is 3.09. The van der Waals surface area contributed by atoms with Crippen molar-refractivity contribution in [1.82, 2.24) is 14.5 Å². The number of nitrogens with zero attached hydrogens (tertiary/aromatic N) is 3. The van der Waals surface area contributed by atoms with Gasteiger partial charge in [0.05, 0.1) is 31.1 Å². The Morgan fingerprint density at radius 2 is 2.08 bits per heavy atom. The van der Waals surface area contributed by atoms with Crippen LogP contribution in [0.4, 0.5) is 11.5 Å². The Morgan fingerprint density at radius 1 is 1.35 bits per heavy atom. The molecular weight excluding hydrogens is 356 g/mol. The third-order valence-electron chi connectivity index (χ3n) is 4.58. The van der Waals surface area contributed by atoms with Gasteiger partial charge in [-0.25, -0.2) is 9.97 Å². The number of ether oxygens (including phenoxy) is 2. The van der Waals surface area contributed by atoms with Crippen molar-refractivity contribution in [3.63, 3.8) is 0 Å². The second kappa shape index (κ2) is 7.63. The van der Waals surface area contributed by atoms with E-state index in [9.17, 15) is 4.79 Å². The Balaban J connectivity index is 1.91. The van der Waals surface area contributed by atoms with E-state index >= 15 is 0 Å². The molecule has 0 amide bonds. The summed E-state index contributed by atoms with van der Waals surface area (Å²) >= 11 is 6.14. The van der Waals surface area contributed by atoms with Gasteiger partial charge in [0.15, 0.2) is 5.82 Å². The predicted molar refractivity (Wildman–Crippen MR) is 101 cm³/mol. The van der Waals surface area contributed by atoms with Crippen molar-refractivity contribution in [2.75, 3.05) is 19.5 Å². The van der Waals surface area contributed by atoms with E-state index in [1.807, 2.05) is 19.9 Å². The fourth-order valence-electron chi connectivity index (χ4n) is 2.95. The van der Waals surface area contributed by atoms with Crippen LogP contribution in [0.1, 0.15) is 24.1 Å². The standard InChI is InChI=1S/C18H23ClN4O3/c1-10-7-13(11(2)20-17(10)26-4)21-16-18(24)23(9-15(19)22-16)8-14(25-3)12-5-6-12/h7,9,12,14H,5-6,8H2,1-4H3,(H,21,22). The van der Waals surface area contributed by atoms with Crippen molar-refractivity contribution in [2.24, 2.45) is 5.92 Å². The van der Waals surface area contributed by atoms with E-state index in [1.54, 1.807) is 25.0 Å². The number of halogens is 1. The molecule has 2 aromatic rings. The van der Waals surface area contributed by atoms with Gasteiger partial charge < -0.3 is 19.4 Å². The molecule has 1 fully saturated rings. The number of hydrogen-bond donors (Lipinski definition) is 1. The Bertz CT molecular complexity index is 864. The first-order chi connectivity index (χ1) is 12.4. The van der Waals surface area contributed by atoms with Crippen LogP contribution in [0.3, 0.4) is 0 Å². The summed E-state index contributed by atoms with van der Waals surface area (Å²) in [5.41, 5.74) is 2.00. The number of methoxy groups -OCH3 is 2. The van der Waals surface area contributed by atoms with Crippen molar-refractivity contribution < 1.29 is 9.47 Å².